The standard InChI is InChI=1S/C26H36ClFN7O7P/c1-14(2)31-21-19-22(33-25(29)32-21)35(13-30-19)23-18(28)20(36)26(11-27,41-23)12-39-43(38,42-17-9-7-6-8-10-17)34-16(5)24(37)40-15(3)4/h6-10,13-16,18,20,23,36H,11-12H2,1-5H3,(H,34,38)(H3,29,31,32,33)/t16-,18+,20-,23+,26+,43?/m0/s1. The highest BCUT2D eigenvalue weighted by atomic mass is 35.5. The Kier molecular flexibility index (Phi) is 10.1. The van der Waals surface area contributed by atoms with E-state index in [1.807, 2.05) is 13.8 Å². The number of aliphatic hydroxyl groups is 1. The zero-order valence-electron chi connectivity index (χ0n) is 24.3. The average molecular weight is 644 g/mol. The second-order valence-corrected chi connectivity index (χ2v) is 12.6. The maximum atomic E-state index is 15.8. The summed E-state index contributed by atoms with van der Waals surface area (Å²) in [5, 5.41) is 16.7. The third kappa shape index (κ3) is 7.36. The zero-order valence-corrected chi connectivity index (χ0v) is 26.0. The highest BCUT2D eigenvalue weighted by Gasteiger charge is 2.57. The molecular formula is C26H36ClFN7O7P. The summed E-state index contributed by atoms with van der Waals surface area (Å²) in [5.41, 5.74) is 4.46. The number of carbonyl (C=O) groups is 1. The Labute approximate surface area is 253 Å². The fraction of sp³-hybridized carbons (Fsp3) is 0.538. The van der Waals surface area contributed by atoms with Gasteiger partial charge in [0.1, 0.15) is 23.5 Å². The van der Waals surface area contributed by atoms with Gasteiger partial charge in [0, 0.05) is 6.04 Å². The van der Waals surface area contributed by atoms with Crippen molar-refractivity contribution in [2.75, 3.05) is 23.5 Å². The number of carbonyl (C=O) groups excluding carboxylic acids is 1. The molecule has 0 saturated carbocycles. The van der Waals surface area contributed by atoms with Crippen LogP contribution >= 0.6 is 19.3 Å². The number of anilines is 2. The van der Waals surface area contributed by atoms with Crippen LogP contribution in [0.15, 0.2) is 36.7 Å². The molecule has 1 fully saturated rings. The predicted octanol–water partition coefficient (Wildman–Crippen LogP) is 3.57. The minimum Gasteiger partial charge on any atom is -0.462 e. The van der Waals surface area contributed by atoms with Gasteiger partial charge >= 0.3 is 13.7 Å². The number of halogens is 2. The fourth-order valence-electron chi connectivity index (χ4n) is 4.32. The molecule has 1 aliphatic heterocycles. The Bertz CT molecular complexity index is 1470. The summed E-state index contributed by atoms with van der Waals surface area (Å²) in [6, 6.07) is 6.93. The van der Waals surface area contributed by atoms with E-state index in [1.54, 1.807) is 32.0 Å². The number of nitrogens with two attached hydrogens (primary N) is 1. The SMILES string of the molecule is CC(C)Nc1nc(N)nc2c1ncn2[C@@H]1O[C@](CCl)(COP(=O)(N[C@@H](C)C(=O)OC(C)C)Oc2ccccc2)[C@@H](O)[C@H]1F. The van der Waals surface area contributed by atoms with Crippen molar-refractivity contribution >= 4 is 48.2 Å². The van der Waals surface area contributed by atoms with Crippen LogP contribution in [0.3, 0.4) is 0 Å². The molecule has 3 heterocycles. The number of fused-ring (bicyclic) bond motifs is 1. The minimum atomic E-state index is -4.38. The Balaban J connectivity index is 1.61. The molecule has 17 heteroatoms. The molecule has 0 spiro atoms. The number of para-hydroxylation sites is 1. The van der Waals surface area contributed by atoms with Gasteiger partial charge < -0.3 is 30.2 Å². The maximum Gasteiger partial charge on any atom is 0.459 e. The van der Waals surface area contributed by atoms with Crippen molar-refractivity contribution < 1.29 is 37.4 Å². The number of alkyl halides is 2. The summed E-state index contributed by atoms with van der Waals surface area (Å²) < 4.78 is 53.5. The molecule has 1 unspecified atom stereocenters. The van der Waals surface area contributed by atoms with E-state index in [9.17, 15) is 14.5 Å². The average Bonchev–Trinajstić information content (AvgIpc) is 3.46. The van der Waals surface area contributed by atoms with E-state index >= 15 is 4.39 Å². The summed E-state index contributed by atoms with van der Waals surface area (Å²) in [7, 11) is -4.38. The molecule has 5 N–H and O–H groups in total. The Hall–Kier alpha value is -3.07. The van der Waals surface area contributed by atoms with Crippen LogP contribution in [0.4, 0.5) is 16.2 Å². The first kappa shape index (κ1) is 32.8. The number of imidazole rings is 1. The van der Waals surface area contributed by atoms with E-state index in [0.29, 0.717) is 11.3 Å². The highest BCUT2D eigenvalue weighted by molar-refractivity contribution is 7.52. The normalized spacial score (nSPS) is 24.3. The van der Waals surface area contributed by atoms with Crippen molar-refractivity contribution in [1.29, 1.82) is 0 Å². The number of hydrogen-bond acceptors (Lipinski definition) is 12. The molecule has 0 bridgehead atoms. The summed E-state index contributed by atoms with van der Waals surface area (Å²) in [4.78, 5) is 25.1. The van der Waals surface area contributed by atoms with Gasteiger partial charge in [-0.2, -0.15) is 15.1 Å². The van der Waals surface area contributed by atoms with Gasteiger partial charge in [-0.25, -0.2) is 13.9 Å². The lowest BCUT2D eigenvalue weighted by atomic mass is 9.99. The van der Waals surface area contributed by atoms with E-state index in [2.05, 4.69) is 25.4 Å². The van der Waals surface area contributed by atoms with Crippen LogP contribution in [-0.2, 0) is 23.4 Å². The largest absolute Gasteiger partial charge is 0.462 e. The first-order valence-corrected chi connectivity index (χ1v) is 15.6. The van der Waals surface area contributed by atoms with Crippen molar-refractivity contribution in [2.45, 2.75) is 76.9 Å². The van der Waals surface area contributed by atoms with Crippen LogP contribution in [-0.4, -0.2) is 79.1 Å². The van der Waals surface area contributed by atoms with Crippen LogP contribution in [0.2, 0.25) is 0 Å². The molecule has 1 aromatic carbocycles. The molecule has 6 atom stereocenters. The van der Waals surface area contributed by atoms with Crippen LogP contribution in [0.25, 0.3) is 11.2 Å². The molecule has 2 aromatic heterocycles. The van der Waals surface area contributed by atoms with Gasteiger partial charge in [0.05, 0.1) is 24.9 Å². The smallest absolute Gasteiger partial charge is 0.459 e. The fourth-order valence-corrected chi connectivity index (χ4v) is 6.17. The molecule has 3 aromatic rings. The molecular weight excluding hydrogens is 608 g/mol. The summed E-state index contributed by atoms with van der Waals surface area (Å²) in [6.07, 6.45) is -4.49. The van der Waals surface area contributed by atoms with E-state index in [4.69, 9.17) is 35.9 Å². The lowest BCUT2D eigenvalue weighted by Gasteiger charge is -2.31. The van der Waals surface area contributed by atoms with E-state index < -0.39 is 62.5 Å². The molecule has 1 aliphatic rings. The number of hydrogen-bond donors (Lipinski definition) is 4. The van der Waals surface area contributed by atoms with Crippen LogP contribution in [0, 0.1) is 0 Å². The highest BCUT2D eigenvalue weighted by Crippen LogP contribution is 2.49. The van der Waals surface area contributed by atoms with Crippen molar-refractivity contribution in [2.24, 2.45) is 0 Å². The second kappa shape index (κ2) is 13.3. The molecule has 236 valence electrons. The third-order valence-corrected chi connectivity index (χ3v) is 8.41. The molecule has 0 radical (unpaired) electrons. The quantitative estimate of drug-likeness (QED) is 0.120. The molecule has 0 amide bonds. The Morgan fingerprint density at radius 1 is 1.26 bits per heavy atom. The molecule has 43 heavy (non-hydrogen) atoms. The molecule has 4 rings (SSSR count). The lowest BCUT2D eigenvalue weighted by Crippen LogP contribution is -2.48. The summed E-state index contributed by atoms with van der Waals surface area (Å²) in [5.74, 6) is -0.764. The molecule has 0 aliphatic carbocycles. The monoisotopic (exact) mass is 643 g/mol. The number of ether oxygens (including phenoxy) is 2. The Morgan fingerprint density at radius 2 is 1.95 bits per heavy atom. The maximum absolute atomic E-state index is 15.8. The van der Waals surface area contributed by atoms with E-state index in [1.165, 1.54) is 30.0 Å². The number of nitrogen functional groups attached to an aromatic ring is 1. The lowest BCUT2D eigenvalue weighted by molar-refractivity contribution is -0.149. The predicted molar refractivity (Wildman–Crippen MR) is 157 cm³/mol. The second-order valence-electron chi connectivity index (χ2n) is 10.7. The van der Waals surface area contributed by atoms with Gasteiger partial charge in [-0.15, -0.1) is 11.6 Å². The zero-order chi connectivity index (χ0) is 31.5. The molecule has 14 nitrogen and oxygen atoms in total. The van der Waals surface area contributed by atoms with Gasteiger partial charge in [0.25, 0.3) is 0 Å². The summed E-state index contributed by atoms with van der Waals surface area (Å²) in [6.45, 7) is 7.85. The van der Waals surface area contributed by atoms with Gasteiger partial charge in [0.2, 0.25) is 5.95 Å². The number of nitrogens with one attached hydrogen (secondary N) is 2. The molecule has 1 saturated heterocycles. The van der Waals surface area contributed by atoms with Gasteiger partial charge in [-0.3, -0.25) is 13.9 Å². The van der Waals surface area contributed by atoms with Gasteiger partial charge in [-0.05, 0) is 46.8 Å². The van der Waals surface area contributed by atoms with Gasteiger partial charge in [-0.1, -0.05) is 18.2 Å². The van der Waals surface area contributed by atoms with Gasteiger partial charge in [0.15, 0.2) is 29.4 Å². The number of nitrogens with zero attached hydrogens (tertiary/aromatic N) is 4. The number of rotatable bonds is 13. The van der Waals surface area contributed by atoms with E-state index in [-0.39, 0.29) is 23.4 Å². The first-order valence-electron chi connectivity index (χ1n) is 13.6. The first-order chi connectivity index (χ1) is 20.3. The van der Waals surface area contributed by atoms with E-state index in [0.717, 1.165) is 0 Å². The number of aromatic nitrogens is 4. The number of benzene rings is 1. The van der Waals surface area contributed by atoms with Crippen LogP contribution in [0.1, 0.15) is 40.8 Å². The van der Waals surface area contributed by atoms with Crippen LogP contribution < -0.4 is 20.7 Å². The number of aliphatic hydroxyl groups excluding tert-OH is 1. The van der Waals surface area contributed by atoms with Crippen molar-refractivity contribution in [3.05, 3.63) is 36.7 Å². The van der Waals surface area contributed by atoms with Crippen molar-refractivity contribution in [3.63, 3.8) is 0 Å². The topological polar surface area (TPSA) is 185 Å². The minimum absolute atomic E-state index is 0.0143. The number of esters is 1. The third-order valence-electron chi connectivity index (χ3n) is 6.34. The summed E-state index contributed by atoms with van der Waals surface area (Å²) >= 11 is 6.24. The van der Waals surface area contributed by atoms with Crippen molar-refractivity contribution in [1.82, 2.24) is 24.6 Å². The Morgan fingerprint density at radius 3 is 2.58 bits per heavy atom. The van der Waals surface area contributed by atoms with Crippen LogP contribution in [0.5, 0.6) is 5.75 Å². The van der Waals surface area contributed by atoms with Crippen molar-refractivity contribution in [3.8, 4) is 5.75 Å².